The van der Waals surface area contributed by atoms with Gasteiger partial charge in [-0.2, -0.15) is 0 Å². The van der Waals surface area contributed by atoms with Crippen LogP contribution < -0.4 is 37.6 Å². The average molecular weight is 666 g/mol. The number of carbonyl (C=O) groups is 7. The fourth-order valence-electron chi connectivity index (χ4n) is 5.01. The Kier molecular flexibility index (Phi) is 13.9. The highest BCUT2D eigenvalue weighted by atomic mass is 16.3. The van der Waals surface area contributed by atoms with Crippen LogP contribution in [0.3, 0.4) is 0 Å². The normalized spacial score (nSPS) is 21.8. The number of phenolic OH excluding ortho intramolecular Hbond substituents is 1. The molecule has 1 saturated heterocycles. The second-order valence-corrected chi connectivity index (χ2v) is 12.0. The van der Waals surface area contributed by atoms with E-state index in [9.17, 15) is 38.7 Å². The summed E-state index contributed by atoms with van der Waals surface area (Å²) in [5, 5.41) is 25.0. The summed E-state index contributed by atoms with van der Waals surface area (Å²) < 4.78 is 0. The molecule has 48 heavy (non-hydrogen) atoms. The van der Waals surface area contributed by atoms with Gasteiger partial charge in [-0.05, 0) is 42.0 Å². The third-order valence-corrected chi connectivity index (χ3v) is 7.46. The Hall–Kier alpha value is -5.47. The molecule has 0 unspecified atom stereocenters. The van der Waals surface area contributed by atoms with Crippen molar-refractivity contribution in [3.8, 4) is 5.75 Å². The summed E-state index contributed by atoms with van der Waals surface area (Å²) in [6.07, 6.45) is -0.300. The van der Waals surface area contributed by atoms with Crippen molar-refractivity contribution in [2.75, 3.05) is 13.1 Å². The number of nitrogens with two attached hydrogens (primary N) is 1. The van der Waals surface area contributed by atoms with Crippen LogP contribution >= 0.6 is 0 Å². The zero-order valence-electron chi connectivity index (χ0n) is 26.9. The molecule has 0 aromatic heterocycles. The van der Waals surface area contributed by atoms with E-state index < -0.39 is 78.6 Å². The van der Waals surface area contributed by atoms with Crippen LogP contribution in [-0.2, 0) is 46.4 Å². The maximum absolute atomic E-state index is 13.8. The molecule has 0 radical (unpaired) electrons. The lowest BCUT2D eigenvalue weighted by molar-refractivity contribution is -0.135. The molecule has 1 aliphatic rings. The minimum Gasteiger partial charge on any atom is -0.508 e. The molecule has 1 heterocycles. The Bertz CT molecular complexity index is 1470. The van der Waals surface area contributed by atoms with Gasteiger partial charge in [-0.25, -0.2) is 0 Å². The summed E-state index contributed by atoms with van der Waals surface area (Å²) in [4.78, 5) is 91.1. The summed E-state index contributed by atoms with van der Waals surface area (Å²) in [6.45, 7) is 2.62. The number of benzene rings is 2. The lowest BCUT2D eigenvalue weighted by Gasteiger charge is -2.26. The van der Waals surface area contributed by atoms with Crippen LogP contribution in [0.15, 0.2) is 54.6 Å². The van der Waals surface area contributed by atoms with Crippen LogP contribution in [0, 0.1) is 5.92 Å². The van der Waals surface area contributed by atoms with Crippen molar-refractivity contribution in [1.29, 1.82) is 0 Å². The van der Waals surface area contributed by atoms with E-state index in [-0.39, 0.29) is 43.8 Å². The summed E-state index contributed by atoms with van der Waals surface area (Å²) in [6, 6.07) is 9.90. The highest BCUT2D eigenvalue weighted by molar-refractivity contribution is 5.97. The van der Waals surface area contributed by atoms with Gasteiger partial charge >= 0.3 is 0 Å². The number of hydrogen-bond acceptors (Lipinski definition) is 8. The van der Waals surface area contributed by atoms with Crippen molar-refractivity contribution in [2.24, 2.45) is 11.7 Å². The zero-order valence-corrected chi connectivity index (χ0v) is 26.9. The molecule has 15 heteroatoms. The lowest BCUT2D eigenvalue weighted by atomic mass is 10.0. The van der Waals surface area contributed by atoms with Crippen LogP contribution in [-0.4, -0.2) is 83.7 Å². The maximum Gasteiger partial charge on any atom is 0.243 e. The van der Waals surface area contributed by atoms with Gasteiger partial charge < -0.3 is 42.7 Å². The predicted molar refractivity (Wildman–Crippen MR) is 174 cm³/mol. The number of phenols is 1. The first-order chi connectivity index (χ1) is 22.8. The Balaban J connectivity index is 1.98. The van der Waals surface area contributed by atoms with Gasteiger partial charge in [0.05, 0.1) is 13.1 Å². The molecule has 0 aliphatic carbocycles. The highest BCUT2D eigenvalue weighted by Gasteiger charge is 2.31. The van der Waals surface area contributed by atoms with Gasteiger partial charge in [0, 0.05) is 19.3 Å². The summed E-state index contributed by atoms with van der Waals surface area (Å²) >= 11 is 0. The largest absolute Gasteiger partial charge is 0.508 e. The molecule has 3 rings (SSSR count). The number of amides is 7. The number of rotatable bonds is 9. The third-order valence-electron chi connectivity index (χ3n) is 7.46. The van der Waals surface area contributed by atoms with Crippen molar-refractivity contribution in [2.45, 2.75) is 70.1 Å². The van der Waals surface area contributed by atoms with E-state index in [1.807, 2.05) is 13.8 Å². The van der Waals surface area contributed by atoms with Crippen LogP contribution in [0.2, 0.25) is 0 Å². The molecule has 9 N–H and O–H groups in total. The fraction of sp³-hybridized carbons (Fsp3) is 0.424. The minimum absolute atomic E-state index is 0.0163. The molecule has 0 spiro atoms. The van der Waals surface area contributed by atoms with Gasteiger partial charge in [-0.15, -0.1) is 0 Å². The first-order valence-corrected chi connectivity index (χ1v) is 15.7. The van der Waals surface area contributed by atoms with Crippen LogP contribution in [0.5, 0.6) is 5.75 Å². The molecule has 258 valence electrons. The van der Waals surface area contributed by atoms with E-state index in [0.29, 0.717) is 11.1 Å². The average Bonchev–Trinajstić information content (AvgIpc) is 3.04. The van der Waals surface area contributed by atoms with E-state index in [2.05, 4.69) is 31.9 Å². The number of nitrogens with one attached hydrogen (secondary N) is 6. The second kappa shape index (κ2) is 18.0. The lowest BCUT2D eigenvalue weighted by Crippen LogP contribution is -2.59. The van der Waals surface area contributed by atoms with E-state index in [0.717, 1.165) is 0 Å². The number of primary amides is 1. The quantitative estimate of drug-likeness (QED) is 0.159. The van der Waals surface area contributed by atoms with E-state index in [4.69, 9.17) is 5.73 Å². The van der Waals surface area contributed by atoms with E-state index in [1.165, 1.54) is 12.1 Å². The van der Waals surface area contributed by atoms with Gasteiger partial charge in [0.15, 0.2) is 0 Å². The number of hydrogen-bond donors (Lipinski definition) is 8. The Morgan fingerprint density at radius 3 is 1.71 bits per heavy atom. The number of aromatic hydroxyl groups is 1. The van der Waals surface area contributed by atoms with Gasteiger partial charge in [-0.3, -0.25) is 33.6 Å². The Labute approximate surface area is 278 Å². The van der Waals surface area contributed by atoms with Crippen molar-refractivity contribution in [3.05, 3.63) is 65.7 Å². The molecule has 0 bridgehead atoms. The zero-order chi connectivity index (χ0) is 35.2. The van der Waals surface area contributed by atoms with E-state index >= 15 is 0 Å². The SMILES string of the molecule is CC(C)C[C@@H]1NC(=O)CNC(=O)[C@H](Cc2ccccc2)NC(=O)[C@H](Cc2ccc(O)cc2)NC(=O)[C@H](CCC(N)=O)NC(=O)CNC1=O. The van der Waals surface area contributed by atoms with Crippen molar-refractivity contribution in [1.82, 2.24) is 31.9 Å². The number of carbonyl (C=O) groups excluding carboxylic acids is 7. The molecule has 0 saturated carbocycles. The Morgan fingerprint density at radius 2 is 1.17 bits per heavy atom. The van der Waals surface area contributed by atoms with Crippen LogP contribution in [0.4, 0.5) is 0 Å². The van der Waals surface area contributed by atoms with E-state index in [1.54, 1.807) is 42.5 Å². The second-order valence-electron chi connectivity index (χ2n) is 12.0. The standard InChI is InChI=1S/C33H43N7O8/c1-19(2)14-24-30(45)35-17-28(43)37-23(12-13-27(34)42)32(47)40-26(16-21-8-10-22(41)11-9-21)33(48)39-25(15-20-6-4-3-5-7-20)31(46)36-18-29(44)38-24/h3-11,19,23-26,41H,12-18H2,1-2H3,(H2,34,42)(H,35,45)(H,36,46)(H,37,43)(H,38,44)(H,39,48)(H,40,47)/t23-,24-,25-,26-/m0/s1. The molecule has 1 fully saturated rings. The molecular weight excluding hydrogens is 622 g/mol. The minimum atomic E-state index is -1.33. The summed E-state index contributed by atoms with van der Waals surface area (Å²) in [5.41, 5.74) is 6.55. The van der Waals surface area contributed by atoms with Crippen LogP contribution in [0.25, 0.3) is 0 Å². The molecule has 2 aromatic carbocycles. The molecular formula is C33H43N7O8. The molecule has 7 amide bonds. The predicted octanol–water partition coefficient (Wildman–Crippen LogP) is -1.33. The fourth-order valence-corrected chi connectivity index (χ4v) is 5.01. The highest BCUT2D eigenvalue weighted by Crippen LogP contribution is 2.13. The molecule has 2 aromatic rings. The summed E-state index contributed by atoms with van der Waals surface area (Å²) in [5.74, 6) is -5.10. The monoisotopic (exact) mass is 665 g/mol. The van der Waals surface area contributed by atoms with Crippen molar-refractivity contribution >= 4 is 41.4 Å². The van der Waals surface area contributed by atoms with Crippen molar-refractivity contribution < 1.29 is 38.7 Å². The third kappa shape index (κ3) is 12.4. The molecule has 15 nitrogen and oxygen atoms in total. The molecule has 1 aliphatic heterocycles. The van der Waals surface area contributed by atoms with Crippen molar-refractivity contribution in [3.63, 3.8) is 0 Å². The topological polar surface area (TPSA) is 238 Å². The maximum atomic E-state index is 13.8. The van der Waals surface area contributed by atoms with Crippen LogP contribution in [0.1, 0.15) is 44.2 Å². The van der Waals surface area contributed by atoms with Gasteiger partial charge in [0.25, 0.3) is 0 Å². The first kappa shape index (κ1) is 37.0. The van der Waals surface area contributed by atoms with Gasteiger partial charge in [-0.1, -0.05) is 56.3 Å². The Morgan fingerprint density at radius 1 is 0.688 bits per heavy atom. The first-order valence-electron chi connectivity index (χ1n) is 15.7. The smallest absolute Gasteiger partial charge is 0.243 e. The summed E-state index contributed by atoms with van der Waals surface area (Å²) in [7, 11) is 0. The van der Waals surface area contributed by atoms with Gasteiger partial charge in [0.2, 0.25) is 41.4 Å². The van der Waals surface area contributed by atoms with Gasteiger partial charge in [0.1, 0.15) is 29.9 Å². The molecule has 4 atom stereocenters.